The van der Waals surface area contributed by atoms with E-state index in [2.05, 4.69) is 0 Å². The van der Waals surface area contributed by atoms with Crippen molar-refractivity contribution in [2.75, 3.05) is 7.11 Å². The van der Waals surface area contributed by atoms with Gasteiger partial charge in [0, 0.05) is 11.1 Å². The quantitative estimate of drug-likeness (QED) is 0.807. The zero-order chi connectivity index (χ0) is 10.7. The molecule has 0 heterocycles. The highest BCUT2D eigenvalue weighted by Gasteiger charge is 2.10. The SMILES string of the molecule is COc1cc(Cl)c(CC(=O)O)cc1O. The number of carbonyl (C=O) groups is 1. The molecule has 1 aromatic carbocycles. The normalized spacial score (nSPS) is 9.86. The molecule has 0 radical (unpaired) electrons. The Kier molecular flexibility index (Phi) is 3.19. The maximum Gasteiger partial charge on any atom is 0.307 e. The molecule has 0 fully saturated rings. The minimum atomic E-state index is -1.00. The summed E-state index contributed by atoms with van der Waals surface area (Å²) in [6.45, 7) is 0. The number of aromatic hydroxyl groups is 1. The van der Waals surface area contributed by atoms with Gasteiger partial charge in [0.2, 0.25) is 0 Å². The smallest absolute Gasteiger partial charge is 0.307 e. The van der Waals surface area contributed by atoms with Crippen molar-refractivity contribution in [3.63, 3.8) is 0 Å². The van der Waals surface area contributed by atoms with Crippen molar-refractivity contribution in [1.29, 1.82) is 0 Å². The molecule has 0 saturated carbocycles. The fourth-order valence-electron chi connectivity index (χ4n) is 1.05. The van der Waals surface area contributed by atoms with Gasteiger partial charge in [0.25, 0.3) is 0 Å². The molecule has 1 aromatic rings. The summed E-state index contributed by atoms with van der Waals surface area (Å²) in [5.74, 6) is -0.895. The average molecular weight is 217 g/mol. The topological polar surface area (TPSA) is 66.8 Å². The fraction of sp³-hybridized carbons (Fsp3) is 0.222. The Balaban J connectivity index is 3.08. The Morgan fingerprint density at radius 1 is 1.57 bits per heavy atom. The number of aliphatic carboxylic acids is 1. The summed E-state index contributed by atoms with van der Waals surface area (Å²) in [4.78, 5) is 10.4. The van der Waals surface area contributed by atoms with Crippen LogP contribution >= 0.6 is 11.6 Å². The fourth-order valence-corrected chi connectivity index (χ4v) is 1.27. The van der Waals surface area contributed by atoms with Crippen LogP contribution in [0.4, 0.5) is 0 Å². The Labute approximate surface area is 85.7 Å². The van der Waals surface area contributed by atoms with Crippen LogP contribution in [0.1, 0.15) is 5.56 Å². The maximum atomic E-state index is 10.4. The minimum absolute atomic E-state index is 0.117. The molecule has 0 aromatic heterocycles. The zero-order valence-electron chi connectivity index (χ0n) is 7.45. The van der Waals surface area contributed by atoms with E-state index < -0.39 is 5.97 Å². The number of phenolic OH excluding ortho intramolecular Hbond substituents is 1. The molecule has 0 bridgehead atoms. The summed E-state index contributed by atoms with van der Waals surface area (Å²) in [7, 11) is 1.39. The number of hydrogen-bond acceptors (Lipinski definition) is 3. The molecule has 1 rings (SSSR count). The maximum absolute atomic E-state index is 10.4. The Morgan fingerprint density at radius 2 is 2.21 bits per heavy atom. The second-order valence-corrected chi connectivity index (χ2v) is 3.09. The summed E-state index contributed by atoms with van der Waals surface area (Å²) >= 11 is 5.77. The van der Waals surface area contributed by atoms with E-state index in [0.717, 1.165) is 0 Å². The third-order valence-corrected chi connectivity index (χ3v) is 2.04. The first kappa shape index (κ1) is 10.7. The minimum Gasteiger partial charge on any atom is -0.504 e. The first-order valence-corrected chi connectivity index (χ1v) is 4.19. The first-order valence-electron chi connectivity index (χ1n) is 3.81. The van der Waals surface area contributed by atoms with E-state index in [4.69, 9.17) is 21.4 Å². The van der Waals surface area contributed by atoms with E-state index in [1.54, 1.807) is 0 Å². The van der Waals surface area contributed by atoms with Crippen LogP contribution < -0.4 is 4.74 Å². The second kappa shape index (κ2) is 4.19. The third-order valence-electron chi connectivity index (χ3n) is 1.69. The van der Waals surface area contributed by atoms with Crippen LogP contribution in [0.2, 0.25) is 5.02 Å². The highest BCUT2D eigenvalue weighted by molar-refractivity contribution is 6.31. The van der Waals surface area contributed by atoms with E-state index in [1.807, 2.05) is 0 Å². The van der Waals surface area contributed by atoms with Crippen molar-refractivity contribution in [3.8, 4) is 11.5 Å². The number of benzene rings is 1. The Bertz CT molecular complexity index is 362. The molecule has 0 spiro atoms. The lowest BCUT2D eigenvalue weighted by molar-refractivity contribution is -0.136. The average Bonchev–Trinajstić information content (AvgIpc) is 2.10. The predicted octanol–water partition coefficient (Wildman–Crippen LogP) is 1.68. The largest absolute Gasteiger partial charge is 0.504 e. The van der Waals surface area contributed by atoms with Crippen molar-refractivity contribution in [1.82, 2.24) is 0 Å². The summed E-state index contributed by atoms with van der Waals surface area (Å²) in [6.07, 6.45) is -0.226. The summed E-state index contributed by atoms with van der Waals surface area (Å²) in [5.41, 5.74) is 0.359. The monoisotopic (exact) mass is 216 g/mol. The van der Waals surface area contributed by atoms with Crippen molar-refractivity contribution >= 4 is 17.6 Å². The number of halogens is 1. The lowest BCUT2D eigenvalue weighted by Gasteiger charge is -2.06. The number of ether oxygens (including phenoxy) is 1. The third kappa shape index (κ3) is 2.29. The van der Waals surface area contributed by atoms with Crippen molar-refractivity contribution in [3.05, 3.63) is 22.7 Å². The summed E-state index contributed by atoms with van der Waals surface area (Å²) in [6, 6.07) is 2.67. The number of phenols is 1. The molecule has 0 amide bonds. The van der Waals surface area contributed by atoms with Crippen LogP contribution in [0.15, 0.2) is 12.1 Å². The first-order chi connectivity index (χ1) is 6.54. The molecule has 76 valence electrons. The molecule has 0 aliphatic rings. The van der Waals surface area contributed by atoms with Gasteiger partial charge < -0.3 is 14.9 Å². The van der Waals surface area contributed by atoms with E-state index in [-0.39, 0.29) is 22.9 Å². The molecule has 2 N–H and O–H groups in total. The predicted molar refractivity (Wildman–Crippen MR) is 51.0 cm³/mol. The Hall–Kier alpha value is -1.42. The number of hydrogen-bond donors (Lipinski definition) is 2. The lowest BCUT2D eigenvalue weighted by Crippen LogP contribution is -2.00. The highest BCUT2D eigenvalue weighted by atomic mass is 35.5. The van der Waals surface area contributed by atoms with E-state index in [1.165, 1.54) is 19.2 Å². The molecular weight excluding hydrogens is 208 g/mol. The van der Waals surface area contributed by atoms with Gasteiger partial charge in [-0.1, -0.05) is 11.6 Å². The van der Waals surface area contributed by atoms with Gasteiger partial charge in [-0.25, -0.2) is 0 Å². The van der Waals surface area contributed by atoms with Gasteiger partial charge in [0.15, 0.2) is 11.5 Å². The van der Waals surface area contributed by atoms with Gasteiger partial charge in [0.05, 0.1) is 13.5 Å². The van der Waals surface area contributed by atoms with Gasteiger partial charge in [0.1, 0.15) is 0 Å². The van der Waals surface area contributed by atoms with E-state index >= 15 is 0 Å². The zero-order valence-corrected chi connectivity index (χ0v) is 8.21. The number of rotatable bonds is 3. The van der Waals surface area contributed by atoms with Crippen molar-refractivity contribution in [2.24, 2.45) is 0 Å². The Morgan fingerprint density at radius 3 is 2.71 bits per heavy atom. The van der Waals surface area contributed by atoms with Gasteiger partial charge in [-0.05, 0) is 11.6 Å². The molecule has 14 heavy (non-hydrogen) atoms. The standard InChI is InChI=1S/C9H9ClO4/c1-14-8-4-6(10)5(2-7(8)11)3-9(12)13/h2,4,11H,3H2,1H3,(H,12,13). The van der Waals surface area contributed by atoms with E-state index in [0.29, 0.717) is 5.56 Å². The summed E-state index contributed by atoms with van der Waals surface area (Å²) in [5, 5.41) is 18.2. The number of carboxylic acid groups (broad SMARTS) is 1. The molecule has 5 heteroatoms. The lowest BCUT2D eigenvalue weighted by atomic mass is 10.1. The van der Waals surface area contributed by atoms with Crippen LogP contribution in [0.3, 0.4) is 0 Å². The van der Waals surface area contributed by atoms with Crippen LogP contribution in [0.5, 0.6) is 11.5 Å². The molecule has 0 aliphatic heterocycles. The molecule has 0 atom stereocenters. The van der Waals surface area contributed by atoms with Crippen molar-refractivity contribution in [2.45, 2.75) is 6.42 Å². The molecule has 0 aliphatic carbocycles. The van der Waals surface area contributed by atoms with Crippen LogP contribution in [-0.4, -0.2) is 23.3 Å². The van der Waals surface area contributed by atoms with Crippen LogP contribution in [0, 0.1) is 0 Å². The number of carboxylic acids is 1. The van der Waals surface area contributed by atoms with Gasteiger partial charge in [-0.3, -0.25) is 4.79 Å². The molecule has 0 saturated heterocycles. The van der Waals surface area contributed by atoms with Crippen LogP contribution in [-0.2, 0) is 11.2 Å². The number of methoxy groups -OCH3 is 1. The van der Waals surface area contributed by atoms with Crippen molar-refractivity contribution < 1.29 is 19.7 Å². The molecule has 4 nitrogen and oxygen atoms in total. The van der Waals surface area contributed by atoms with Gasteiger partial charge >= 0.3 is 5.97 Å². The van der Waals surface area contributed by atoms with Crippen LogP contribution in [0.25, 0.3) is 0 Å². The molecular formula is C9H9ClO4. The molecule has 0 unspecified atom stereocenters. The van der Waals surface area contributed by atoms with Gasteiger partial charge in [-0.2, -0.15) is 0 Å². The second-order valence-electron chi connectivity index (χ2n) is 2.69. The summed E-state index contributed by atoms with van der Waals surface area (Å²) < 4.78 is 4.80. The highest BCUT2D eigenvalue weighted by Crippen LogP contribution is 2.32. The van der Waals surface area contributed by atoms with Gasteiger partial charge in [-0.15, -0.1) is 0 Å². The van der Waals surface area contributed by atoms with E-state index in [9.17, 15) is 9.90 Å².